The minimum atomic E-state index is 0.220. The van der Waals surface area contributed by atoms with Crippen LogP contribution < -0.4 is 9.47 Å². The molecule has 0 bridgehead atoms. The molecule has 2 aromatic heterocycles. The van der Waals surface area contributed by atoms with Gasteiger partial charge < -0.3 is 14.0 Å². The van der Waals surface area contributed by atoms with Crippen LogP contribution >= 0.6 is 11.5 Å². The molecular weight excluding hydrogens is 400 g/mol. The molecule has 4 rings (SSSR count). The number of ether oxygens (including phenoxy) is 2. The molecule has 1 fully saturated rings. The van der Waals surface area contributed by atoms with Crippen molar-refractivity contribution in [1.82, 2.24) is 19.6 Å². The predicted octanol–water partition coefficient (Wildman–Crippen LogP) is 3.90. The zero-order valence-corrected chi connectivity index (χ0v) is 17.9. The molecule has 0 N–H and O–H groups in total. The number of piperidine rings is 1. The van der Waals surface area contributed by atoms with Gasteiger partial charge in [-0.15, -0.1) is 11.5 Å². The smallest absolute Gasteiger partial charge is 0.180 e. The third-order valence-electron chi connectivity index (χ3n) is 5.20. The van der Waals surface area contributed by atoms with Gasteiger partial charge in [-0.2, -0.15) is 0 Å². The van der Waals surface area contributed by atoms with E-state index in [0.717, 1.165) is 54.5 Å². The van der Waals surface area contributed by atoms with E-state index >= 15 is 0 Å². The molecule has 0 saturated carbocycles. The highest BCUT2D eigenvalue weighted by molar-refractivity contribution is 7.09. The molecule has 3 aromatic rings. The van der Waals surface area contributed by atoms with Gasteiger partial charge in [0.05, 0.1) is 18.5 Å². The highest BCUT2D eigenvalue weighted by atomic mass is 32.1. The van der Waals surface area contributed by atoms with Crippen LogP contribution in [0.4, 0.5) is 0 Å². The average Bonchev–Trinajstić information content (AvgIpc) is 3.42. The normalized spacial score (nSPS) is 16.9. The Kier molecular flexibility index (Phi) is 6.31. The molecule has 8 heteroatoms. The van der Waals surface area contributed by atoms with E-state index in [1.54, 1.807) is 7.11 Å². The van der Waals surface area contributed by atoms with Crippen molar-refractivity contribution < 1.29 is 14.0 Å². The molecular formula is C22H24N4O3S. The largest absolute Gasteiger partial charge is 0.493 e. The van der Waals surface area contributed by atoms with Gasteiger partial charge in [-0.3, -0.25) is 4.90 Å². The third-order valence-corrected chi connectivity index (χ3v) is 5.96. The predicted molar refractivity (Wildman–Crippen MR) is 115 cm³/mol. The lowest BCUT2D eigenvalue weighted by atomic mass is 9.93. The lowest BCUT2D eigenvalue weighted by Crippen LogP contribution is -2.34. The van der Waals surface area contributed by atoms with Gasteiger partial charge in [0.15, 0.2) is 17.3 Å². The van der Waals surface area contributed by atoms with Crippen molar-refractivity contribution in [3.05, 3.63) is 41.2 Å². The maximum atomic E-state index is 5.54. The van der Waals surface area contributed by atoms with Gasteiger partial charge in [-0.25, -0.2) is 0 Å². The lowest BCUT2D eigenvalue weighted by Gasteiger charge is -2.32. The van der Waals surface area contributed by atoms with Gasteiger partial charge in [0, 0.05) is 25.1 Å². The van der Waals surface area contributed by atoms with Gasteiger partial charge in [0.2, 0.25) is 0 Å². The molecule has 30 heavy (non-hydrogen) atoms. The van der Waals surface area contributed by atoms with Crippen molar-refractivity contribution in [2.75, 3.05) is 26.8 Å². The average molecular weight is 425 g/mol. The summed E-state index contributed by atoms with van der Waals surface area (Å²) < 4.78 is 20.7. The summed E-state index contributed by atoms with van der Waals surface area (Å²) in [5.41, 5.74) is 3.04. The highest BCUT2D eigenvalue weighted by Crippen LogP contribution is 2.36. The number of likely N-dealkylation sites (tertiary alicyclic amines) is 1. The standard InChI is InChI=1S/C22H24N4O3S/c1-4-10-28-18-8-7-16(12-19(18)27-3)13-26-9-5-6-17(14-26)21-22(30-25-23-21)20-11-15(2)24-29-20/h1,7-8,11-12,17H,5-6,9-10,13-14H2,2-3H3/t17-/m0/s1. The topological polar surface area (TPSA) is 73.5 Å². The third kappa shape index (κ3) is 4.48. The van der Waals surface area contributed by atoms with Gasteiger partial charge in [-0.1, -0.05) is 21.6 Å². The van der Waals surface area contributed by atoms with Crippen LogP contribution in [0, 0.1) is 19.3 Å². The van der Waals surface area contributed by atoms with Crippen LogP contribution in [0.2, 0.25) is 0 Å². The quantitative estimate of drug-likeness (QED) is 0.533. The number of nitrogens with zero attached hydrogens (tertiary/aromatic N) is 4. The number of benzene rings is 1. The number of aryl methyl sites for hydroxylation is 1. The molecule has 7 nitrogen and oxygen atoms in total. The summed E-state index contributed by atoms with van der Waals surface area (Å²) in [5, 5.41) is 8.44. The summed E-state index contributed by atoms with van der Waals surface area (Å²) >= 11 is 1.37. The number of aromatic nitrogens is 3. The van der Waals surface area contributed by atoms with Crippen molar-refractivity contribution in [2.45, 2.75) is 32.2 Å². The Hall–Kier alpha value is -2.89. The van der Waals surface area contributed by atoms with Crippen LogP contribution in [0.1, 0.15) is 35.7 Å². The van der Waals surface area contributed by atoms with Gasteiger partial charge in [0.1, 0.15) is 11.5 Å². The molecule has 3 heterocycles. The SMILES string of the molecule is C#CCOc1ccc(CN2CCC[C@H](c3nnsc3-c3cc(C)no3)C2)cc1OC. The first-order chi connectivity index (χ1) is 14.7. The summed E-state index contributed by atoms with van der Waals surface area (Å²) in [7, 11) is 1.64. The van der Waals surface area contributed by atoms with E-state index in [0.29, 0.717) is 17.4 Å². The van der Waals surface area contributed by atoms with Crippen LogP contribution in [0.25, 0.3) is 10.6 Å². The van der Waals surface area contributed by atoms with Crippen molar-refractivity contribution in [2.24, 2.45) is 0 Å². The number of hydrogen-bond acceptors (Lipinski definition) is 8. The van der Waals surface area contributed by atoms with E-state index in [1.165, 1.54) is 17.1 Å². The first-order valence-corrected chi connectivity index (χ1v) is 10.7. The van der Waals surface area contributed by atoms with Crippen LogP contribution in [-0.2, 0) is 6.54 Å². The summed E-state index contributed by atoms with van der Waals surface area (Å²) in [6.07, 6.45) is 7.48. The summed E-state index contributed by atoms with van der Waals surface area (Å²) in [5.74, 6) is 4.91. The van der Waals surface area contributed by atoms with Crippen LogP contribution in [0.15, 0.2) is 28.8 Å². The zero-order chi connectivity index (χ0) is 20.9. The van der Waals surface area contributed by atoms with Gasteiger partial charge in [-0.05, 0) is 55.5 Å². The molecule has 0 aliphatic carbocycles. The fourth-order valence-corrected chi connectivity index (χ4v) is 4.53. The first kappa shape index (κ1) is 20.4. The van der Waals surface area contributed by atoms with Crippen molar-refractivity contribution >= 4 is 11.5 Å². The number of methoxy groups -OCH3 is 1. The number of terminal acetylenes is 1. The molecule has 1 aliphatic heterocycles. The summed E-state index contributed by atoms with van der Waals surface area (Å²) in [4.78, 5) is 3.43. The zero-order valence-electron chi connectivity index (χ0n) is 17.1. The monoisotopic (exact) mass is 424 g/mol. The first-order valence-electron chi connectivity index (χ1n) is 9.89. The maximum absolute atomic E-state index is 5.54. The Morgan fingerprint density at radius 3 is 3.00 bits per heavy atom. The van der Waals surface area contributed by atoms with Gasteiger partial charge in [0.25, 0.3) is 0 Å². The van der Waals surface area contributed by atoms with Crippen molar-refractivity contribution in [3.8, 4) is 34.5 Å². The van der Waals surface area contributed by atoms with E-state index in [9.17, 15) is 0 Å². The molecule has 1 aromatic carbocycles. The summed E-state index contributed by atoms with van der Waals surface area (Å²) in [6, 6.07) is 7.94. The minimum Gasteiger partial charge on any atom is -0.493 e. The molecule has 0 spiro atoms. The van der Waals surface area contributed by atoms with E-state index in [4.69, 9.17) is 20.4 Å². The Morgan fingerprint density at radius 1 is 1.33 bits per heavy atom. The Balaban J connectivity index is 1.47. The fraction of sp³-hybridized carbons (Fsp3) is 0.409. The maximum Gasteiger partial charge on any atom is 0.180 e. The second-order valence-electron chi connectivity index (χ2n) is 7.37. The molecule has 1 aliphatic rings. The molecule has 1 atom stereocenters. The molecule has 0 radical (unpaired) electrons. The second kappa shape index (κ2) is 9.28. The van der Waals surface area contributed by atoms with E-state index < -0.39 is 0 Å². The molecule has 0 amide bonds. The van der Waals surface area contributed by atoms with Crippen molar-refractivity contribution in [3.63, 3.8) is 0 Å². The highest BCUT2D eigenvalue weighted by Gasteiger charge is 2.28. The van der Waals surface area contributed by atoms with Gasteiger partial charge >= 0.3 is 0 Å². The Bertz CT molecular complexity index is 1040. The fourth-order valence-electron chi connectivity index (χ4n) is 3.84. The van der Waals surface area contributed by atoms with Crippen molar-refractivity contribution in [1.29, 1.82) is 0 Å². The van der Waals surface area contributed by atoms with E-state index in [-0.39, 0.29) is 6.61 Å². The number of rotatable bonds is 7. The lowest BCUT2D eigenvalue weighted by molar-refractivity contribution is 0.198. The Labute approximate surface area is 180 Å². The molecule has 0 unspecified atom stereocenters. The molecule has 1 saturated heterocycles. The second-order valence-corrected chi connectivity index (χ2v) is 8.13. The molecule has 156 valence electrons. The van der Waals surface area contributed by atoms with E-state index in [2.05, 4.69) is 31.6 Å². The summed E-state index contributed by atoms with van der Waals surface area (Å²) in [6.45, 7) is 4.93. The van der Waals surface area contributed by atoms with Crippen LogP contribution in [0.3, 0.4) is 0 Å². The van der Waals surface area contributed by atoms with Crippen LogP contribution in [-0.4, -0.2) is 46.4 Å². The minimum absolute atomic E-state index is 0.220. The van der Waals surface area contributed by atoms with Crippen LogP contribution in [0.5, 0.6) is 11.5 Å². The van der Waals surface area contributed by atoms with E-state index in [1.807, 2.05) is 25.1 Å². The Morgan fingerprint density at radius 2 is 2.23 bits per heavy atom. The number of hydrogen-bond donors (Lipinski definition) is 0.